The van der Waals surface area contributed by atoms with Crippen LogP contribution in [0.3, 0.4) is 0 Å². The summed E-state index contributed by atoms with van der Waals surface area (Å²) in [6.07, 6.45) is 6.68. The number of hydrogen-bond acceptors (Lipinski definition) is 1. The Morgan fingerprint density at radius 1 is 1.12 bits per heavy atom. The predicted molar refractivity (Wildman–Crippen MR) is 69.6 cm³/mol. The number of hydrogen-bond donors (Lipinski definition) is 2. The lowest BCUT2D eigenvalue weighted by atomic mass is 9.89. The fourth-order valence-corrected chi connectivity index (χ4v) is 2.72. The average molecular weight is 234 g/mol. The molecule has 0 spiro atoms. The van der Waals surface area contributed by atoms with Gasteiger partial charge in [-0.15, -0.1) is 0 Å². The van der Waals surface area contributed by atoms with Gasteiger partial charge in [-0.25, -0.2) is 0 Å². The fourth-order valence-electron chi connectivity index (χ4n) is 2.72. The third-order valence-corrected chi connectivity index (χ3v) is 3.80. The second-order valence-electron chi connectivity index (χ2n) is 5.19. The highest BCUT2D eigenvalue weighted by Gasteiger charge is 2.16. The molecule has 0 saturated heterocycles. The van der Waals surface area contributed by atoms with Gasteiger partial charge in [0.25, 0.3) is 0 Å². The Hall–Kier alpha value is -0.860. The van der Waals surface area contributed by atoms with Gasteiger partial charge in [0.05, 0.1) is 6.54 Å². The summed E-state index contributed by atoms with van der Waals surface area (Å²) in [5.41, 5.74) is 1.03. The molecule has 0 aliphatic heterocycles. The van der Waals surface area contributed by atoms with Crippen LogP contribution in [0, 0.1) is 5.92 Å². The summed E-state index contributed by atoms with van der Waals surface area (Å²) in [5.74, 6) is 0.881. The molecule has 2 rings (SSSR count). The molecule has 0 aromatic heterocycles. The normalized spacial score (nSPS) is 19.1. The van der Waals surface area contributed by atoms with E-state index in [2.05, 4.69) is 5.32 Å². The van der Waals surface area contributed by atoms with Gasteiger partial charge in [-0.3, -0.25) is 0 Å². The van der Waals surface area contributed by atoms with Crippen LogP contribution in [0.15, 0.2) is 30.3 Å². The molecule has 2 nitrogen and oxygen atoms in total. The Morgan fingerprint density at radius 2 is 1.82 bits per heavy atom. The van der Waals surface area contributed by atoms with E-state index in [1.54, 1.807) is 0 Å². The minimum atomic E-state index is -0.320. The minimum absolute atomic E-state index is 0.320. The van der Waals surface area contributed by atoms with E-state index >= 15 is 0 Å². The molecule has 17 heavy (non-hydrogen) atoms. The third kappa shape index (κ3) is 4.14. The molecule has 1 aliphatic carbocycles. The van der Waals surface area contributed by atoms with Crippen LogP contribution in [-0.2, 0) is 0 Å². The number of quaternary nitrogens is 1. The smallest absolute Gasteiger partial charge is 0.128 e. The molecule has 1 aromatic rings. The molecule has 0 unspecified atom stereocenters. The van der Waals surface area contributed by atoms with E-state index in [0.29, 0.717) is 0 Å². The van der Waals surface area contributed by atoms with Crippen molar-refractivity contribution in [2.45, 2.75) is 38.2 Å². The van der Waals surface area contributed by atoms with Crippen molar-refractivity contribution in [1.82, 2.24) is 0 Å². The van der Waals surface area contributed by atoms with Crippen LogP contribution in [0.2, 0.25) is 0 Å². The zero-order chi connectivity index (χ0) is 11.9. The first-order chi connectivity index (χ1) is 8.36. The Bertz CT molecular complexity index is 306. The van der Waals surface area contributed by atoms with Crippen LogP contribution in [0.5, 0.6) is 0 Å². The van der Waals surface area contributed by atoms with Crippen LogP contribution in [-0.4, -0.2) is 18.2 Å². The van der Waals surface area contributed by atoms with Crippen molar-refractivity contribution in [3.8, 4) is 0 Å². The quantitative estimate of drug-likeness (QED) is 0.801. The number of rotatable bonds is 5. The van der Waals surface area contributed by atoms with Crippen molar-refractivity contribution in [3.05, 3.63) is 35.9 Å². The van der Waals surface area contributed by atoms with Crippen molar-refractivity contribution in [3.63, 3.8) is 0 Å². The van der Waals surface area contributed by atoms with E-state index < -0.39 is 0 Å². The summed E-state index contributed by atoms with van der Waals surface area (Å²) in [5, 5.41) is 12.3. The number of nitrogens with two attached hydrogens (primary N) is 1. The van der Waals surface area contributed by atoms with E-state index in [9.17, 15) is 5.11 Å². The van der Waals surface area contributed by atoms with Crippen molar-refractivity contribution >= 4 is 0 Å². The molecule has 94 valence electrons. The molecule has 0 bridgehead atoms. The van der Waals surface area contributed by atoms with Gasteiger partial charge < -0.3 is 10.4 Å². The molecule has 1 atom stereocenters. The molecule has 2 heteroatoms. The van der Waals surface area contributed by atoms with Gasteiger partial charge in [-0.1, -0.05) is 49.6 Å². The highest BCUT2D eigenvalue weighted by atomic mass is 16.3. The largest absolute Gasteiger partial charge is 0.382 e. The SMILES string of the molecule is O[C@H](C[NH2+]CC1CCCCC1)c1ccccc1. The Kier molecular flexibility index (Phi) is 5.02. The van der Waals surface area contributed by atoms with Crippen LogP contribution >= 0.6 is 0 Å². The Balaban J connectivity index is 1.67. The van der Waals surface area contributed by atoms with Crippen molar-refractivity contribution in [1.29, 1.82) is 0 Å². The molecule has 1 fully saturated rings. The molecule has 1 saturated carbocycles. The number of benzene rings is 1. The second kappa shape index (κ2) is 6.77. The first-order valence-corrected chi connectivity index (χ1v) is 6.91. The van der Waals surface area contributed by atoms with Gasteiger partial charge in [0, 0.05) is 5.92 Å². The van der Waals surface area contributed by atoms with Crippen LogP contribution in [0.4, 0.5) is 0 Å². The van der Waals surface area contributed by atoms with Gasteiger partial charge in [-0.05, 0) is 18.4 Å². The van der Waals surface area contributed by atoms with Gasteiger partial charge in [0.2, 0.25) is 0 Å². The van der Waals surface area contributed by atoms with Crippen LogP contribution in [0.1, 0.15) is 43.8 Å². The summed E-state index contributed by atoms with van der Waals surface area (Å²) in [6.45, 7) is 1.98. The van der Waals surface area contributed by atoms with Crippen LogP contribution in [0.25, 0.3) is 0 Å². The van der Waals surface area contributed by atoms with E-state index in [1.165, 1.54) is 38.6 Å². The molecule has 0 heterocycles. The Morgan fingerprint density at radius 3 is 2.53 bits per heavy atom. The zero-order valence-corrected chi connectivity index (χ0v) is 10.5. The van der Waals surface area contributed by atoms with E-state index in [1.807, 2.05) is 30.3 Å². The molecule has 1 aliphatic rings. The van der Waals surface area contributed by atoms with Crippen molar-refractivity contribution in [2.24, 2.45) is 5.92 Å². The molecule has 1 aromatic carbocycles. The van der Waals surface area contributed by atoms with Crippen LogP contribution < -0.4 is 5.32 Å². The lowest BCUT2D eigenvalue weighted by Gasteiger charge is -2.20. The first-order valence-electron chi connectivity index (χ1n) is 6.91. The van der Waals surface area contributed by atoms with Gasteiger partial charge in [0.15, 0.2) is 0 Å². The van der Waals surface area contributed by atoms with Gasteiger partial charge in [0.1, 0.15) is 12.6 Å². The number of aliphatic hydroxyl groups excluding tert-OH is 1. The van der Waals surface area contributed by atoms with Gasteiger partial charge >= 0.3 is 0 Å². The molecular formula is C15H24NO+. The summed E-state index contributed by atoms with van der Waals surface area (Å²) in [7, 11) is 0. The number of aliphatic hydroxyl groups is 1. The second-order valence-corrected chi connectivity index (χ2v) is 5.19. The molecule has 0 amide bonds. The highest BCUT2D eigenvalue weighted by Crippen LogP contribution is 2.21. The summed E-state index contributed by atoms with van der Waals surface area (Å²) < 4.78 is 0. The predicted octanol–water partition coefficient (Wildman–Crippen LogP) is 1.86. The lowest BCUT2D eigenvalue weighted by Crippen LogP contribution is -2.86. The first kappa shape index (κ1) is 12.6. The van der Waals surface area contributed by atoms with Gasteiger partial charge in [-0.2, -0.15) is 0 Å². The lowest BCUT2D eigenvalue weighted by molar-refractivity contribution is -0.667. The maximum atomic E-state index is 10.0. The van der Waals surface area contributed by atoms with Crippen molar-refractivity contribution in [2.75, 3.05) is 13.1 Å². The maximum absolute atomic E-state index is 10.0. The Labute approximate surface area is 104 Å². The monoisotopic (exact) mass is 234 g/mol. The van der Waals surface area contributed by atoms with E-state index in [4.69, 9.17) is 0 Å². The fraction of sp³-hybridized carbons (Fsp3) is 0.600. The summed E-state index contributed by atoms with van der Waals surface area (Å²) in [4.78, 5) is 0. The van der Waals surface area contributed by atoms with E-state index in [-0.39, 0.29) is 6.10 Å². The molecular weight excluding hydrogens is 210 g/mol. The summed E-state index contributed by atoms with van der Waals surface area (Å²) in [6, 6.07) is 9.96. The third-order valence-electron chi connectivity index (χ3n) is 3.80. The summed E-state index contributed by atoms with van der Waals surface area (Å²) >= 11 is 0. The molecule has 0 radical (unpaired) electrons. The standard InChI is InChI=1S/C15H23NO/c17-15(14-9-5-2-6-10-14)12-16-11-13-7-3-1-4-8-13/h2,5-6,9-10,13,15-17H,1,3-4,7-8,11-12H2/p+1/t15-/m1/s1. The average Bonchev–Trinajstić information content (AvgIpc) is 2.41. The van der Waals surface area contributed by atoms with Crippen molar-refractivity contribution < 1.29 is 10.4 Å². The highest BCUT2D eigenvalue weighted by molar-refractivity contribution is 5.16. The minimum Gasteiger partial charge on any atom is -0.382 e. The molecule has 3 N–H and O–H groups in total. The zero-order valence-electron chi connectivity index (χ0n) is 10.5. The topological polar surface area (TPSA) is 36.8 Å². The van der Waals surface area contributed by atoms with E-state index in [0.717, 1.165) is 18.0 Å². The maximum Gasteiger partial charge on any atom is 0.128 e.